The van der Waals surface area contributed by atoms with Crippen molar-refractivity contribution >= 4 is 17.5 Å². The van der Waals surface area contributed by atoms with Gasteiger partial charge in [0.15, 0.2) is 5.82 Å². The summed E-state index contributed by atoms with van der Waals surface area (Å²) in [5.41, 5.74) is -2.31. The Balaban J connectivity index is 1.90. The van der Waals surface area contributed by atoms with Gasteiger partial charge in [-0.3, -0.25) is 19.7 Å². The molecule has 0 aliphatic carbocycles. The van der Waals surface area contributed by atoms with Crippen molar-refractivity contribution < 1.29 is 32.4 Å². The van der Waals surface area contributed by atoms with Crippen LogP contribution in [0.1, 0.15) is 23.2 Å². The van der Waals surface area contributed by atoms with Crippen molar-refractivity contribution in [3.05, 3.63) is 39.2 Å². The Morgan fingerprint density at radius 2 is 1.78 bits per heavy atom. The van der Waals surface area contributed by atoms with E-state index in [4.69, 9.17) is 4.74 Å². The molecule has 27 heavy (non-hydrogen) atoms. The number of halogens is 3. The lowest BCUT2D eigenvalue weighted by Gasteiger charge is -2.32. The molecule has 0 saturated carbocycles. The highest BCUT2D eigenvalue weighted by molar-refractivity contribution is 5.98. The number of hydrogen-bond donors (Lipinski definition) is 0. The van der Waals surface area contributed by atoms with Gasteiger partial charge < -0.3 is 14.5 Å². The molecule has 2 saturated heterocycles. The van der Waals surface area contributed by atoms with Crippen molar-refractivity contribution in [2.45, 2.75) is 18.9 Å². The molecule has 0 unspecified atom stereocenters. The number of nitro groups is 1. The number of likely N-dealkylation sites (tertiary alicyclic amines) is 1. The first kappa shape index (κ1) is 19.1. The standard InChI is InChI=1S/C16H16F3N3O5/c17-12-9(8-11(22(25)26)13(18)14(12)19)15(23)21-3-1-2-10(21)16(24)20-4-6-27-7-5-20/h8,10H,1-7H2/t10-/m0/s1. The fourth-order valence-electron chi connectivity index (χ4n) is 3.29. The minimum atomic E-state index is -2.09. The minimum Gasteiger partial charge on any atom is -0.378 e. The van der Waals surface area contributed by atoms with E-state index in [-0.39, 0.29) is 12.5 Å². The van der Waals surface area contributed by atoms with Gasteiger partial charge in [-0.05, 0) is 12.8 Å². The fourth-order valence-corrected chi connectivity index (χ4v) is 3.29. The van der Waals surface area contributed by atoms with Crippen LogP contribution in [0, 0.1) is 27.6 Å². The molecule has 2 amide bonds. The number of ether oxygens (including phenoxy) is 1. The Morgan fingerprint density at radius 3 is 2.41 bits per heavy atom. The van der Waals surface area contributed by atoms with E-state index in [1.54, 1.807) is 0 Å². The zero-order valence-electron chi connectivity index (χ0n) is 14.1. The molecule has 0 aromatic heterocycles. The number of hydrogen-bond acceptors (Lipinski definition) is 5. The smallest absolute Gasteiger partial charge is 0.308 e. The molecule has 2 heterocycles. The van der Waals surface area contributed by atoms with Gasteiger partial charge in [0, 0.05) is 25.7 Å². The molecule has 0 bridgehead atoms. The first-order valence-corrected chi connectivity index (χ1v) is 8.32. The Labute approximate surface area is 151 Å². The first-order valence-electron chi connectivity index (χ1n) is 8.32. The number of nitrogens with zero attached hydrogens (tertiary/aromatic N) is 3. The van der Waals surface area contributed by atoms with Crippen molar-refractivity contribution in [1.82, 2.24) is 9.80 Å². The summed E-state index contributed by atoms with van der Waals surface area (Å²) < 4.78 is 46.5. The predicted molar refractivity (Wildman–Crippen MR) is 84.4 cm³/mol. The molecule has 0 N–H and O–H groups in total. The van der Waals surface area contributed by atoms with Crippen LogP contribution in [0.5, 0.6) is 0 Å². The van der Waals surface area contributed by atoms with Crippen LogP contribution >= 0.6 is 0 Å². The minimum absolute atomic E-state index is 0.103. The number of morpholine rings is 1. The Bertz CT molecular complexity index is 798. The van der Waals surface area contributed by atoms with Gasteiger partial charge >= 0.3 is 5.69 Å². The molecule has 0 spiro atoms. The highest BCUT2D eigenvalue weighted by Gasteiger charge is 2.39. The topological polar surface area (TPSA) is 93.0 Å². The van der Waals surface area contributed by atoms with Gasteiger partial charge in [-0.1, -0.05) is 0 Å². The lowest BCUT2D eigenvalue weighted by atomic mass is 10.1. The number of carbonyl (C=O) groups excluding carboxylic acids is 2. The largest absolute Gasteiger partial charge is 0.378 e. The average Bonchev–Trinajstić information content (AvgIpc) is 3.15. The van der Waals surface area contributed by atoms with E-state index in [1.807, 2.05) is 0 Å². The van der Waals surface area contributed by atoms with Gasteiger partial charge in [0.1, 0.15) is 6.04 Å². The second-order valence-electron chi connectivity index (χ2n) is 6.24. The molecule has 8 nitrogen and oxygen atoms in total. The second-order valence-corrected chi connectivity index (χ2v) is 6.24. The van der Waals surface area contributed by atoms with Gasteiger partial charge in [0.25, 0.3) is 5.91 Å². The molecule has 1 atom stereocenters. The third-order valence-electron chi connectivity index (χ3n) is 4.68. The van der Waals surface area contributed by atoms with Crippen molar-refractivity contribution in [2.24, 2.45) is 0 Å². The van der Waals surface area contributed by atoms with E-state index in [1.165, 1.54) is 4.90 Å². The quantitative estimate of drug-likeness (QED) is 0.445. The van der Waals surface area contributed by atoms with E-state index in [2.05, 4.69) is 0 Å². The maximum absolute atomic E-state index is 14.1. The van der Waals surface area contributed by atoms with Crippen LogP contribution in [0.25, 0.3) is 0 Å². The van der Waals surface area contributed by atoms with Crippen molar-refractivity contribution in [2.75, 3.05) is 32.8 Å². The highest BCUT2D eigenvalue weighted by Crippen LogP contribution is 2.29. The zero-order valence-corrected chi connectivity index (χ0v) is 14.1. The van der Waals surface area contributed by atoms with Gasteiger partial charge in [-0.15, -0.1) is 0 Å². The Kier molecular flexibility index (Phi) is 5.31. The third-order valence-corrected chi connectivity index (χ3v) is 4.68. The van der Waals surface area contributed by atoms with Crippen LogP contribution in [0.15, 0.2) is 6.07 Å². The maximum atomic E-state index is 14.1. The molecule has 2 aliphatic heterocycles. The number of rotatable bonds is 3. The van der Waals surface area contributed by atoms with Crippen molar-refractivity contribution in [1.29, 1.82) is 0 Å². The summed E-state index contributed by atoms with van der Waals surface area (Å²) in [5.74, 6) is -7.31. The van der Waals surface area contributed by atoms with Gasteiger partial charge in [-0.25, -0.2) is 8.78 Å². The summed E-state index contributed by atoms with van der Waals surface area (Å²) in [5, 5.41) is 10.8. The molecule has 146 valence electrons. The van der Waals surface area contributed by atoms with E-state index in [9.17, 15) is 32.9 Å². The van der Waals surface area contributed by atoms with E-state index in [0.29, 0.717) is 45.2 Å². The molecular formula is C16H16F3N3O5. The first-order chi connectivity index (χ1) is 12.8. The highest BCUT2D eigenvalue weighted by atomic mass is 19.2. The van der Waals surface area contributed by atoms with E-state index < -0.39 is 45.6 Å². The maximum Gasteiger partial charge on any atom is 0.308 e. The van der Waals surface area contributed by atoms with Crippen molar-refractivity contribution in [3.63, 3.8) is 0 Å². The Hall–Kier alpha value is -2.69. The molecule has 2 fully saturated rings. The lowest BCUT2D eigenvalue weighted by molar-refractivity contribution is -0.387. The summed E-state index contributed by atoms with van der Waals surface area (Å²) in [6.45, 7) is 1.52. The molecule has 0 radical (unpaired) electrons. The van der Waals surface area contributed by atoms with E-state index in [0.717, 1.165) is 4.90 Å². The number of amides is 2. The third kappa shape index (κ3) is 3.46. The molecule has 1 aromatic carbocycles. The summed E-state index contributed by atoms with van der Waals surface area (Å²) in [6, 6.07) is -0.521. The molecule has 1 aromatic rings. The molecule has 11 heteroatoms. The van der Waals surface area contributed by atoms with Crippen LogP contribution in [0.3, 0.4) is 0 Å². The van der Waals surface area contributed by atoms with Crippen LogP contribution in [-0.2, 0) is 9.53 Å². The lowest BCUT2D eigenvalue weighted by Crippen LogP contribution is -2.51. The van der Waals surface area contributed by atoms with Crippen LogP contribution in [-0.4, -0.2) is 65.4 Å². The monoisotopic (exact) mass is 387 g/mol. The van der Waals surface area contributed by atoms with Gasteiger partial charge in [-0.2, -0.15) is 4.39 Å². The number of benzene rings is 1. The number of nitro benzene ring substituents is 1. The molecular weight excluding hydrogens is 371 g/mol. The van der Waals surface area contributed by atoms with Crippen molar-refractivity contribution in [3.8, 4) is 0 Å². The summed E-state index contributed by atoms with van der Waals surface area (Å²) >= 11 is 0. The summed E-state index contributed by atoms with van der Waals surface area (Å²) in [6.07, 6.45) is 0.787. The van der Waals surface area contributed by atoms with Gasteiger partial charge in [0.2, 0.25) is 17.5 Å². The molecule has 3 rings (SSSR count). The Morgan fingerprint density at radius 1 is 1.11 bits per heavy atom. The second kappa shape index (κ2) is 7.51. The zero-order chi connectivity index (χ0) is 19.7. The van der Waals surface area contributed by atoms with E-state index >= 15 is 0 Å². The molecule has 2 aliphatic rings. The normalized spacial score (nSPS) is 20.0. The number of carbonyl (C=O) groups is 2. The van der Waals surface area contributed by atoms with Crippen LogP contribution < -0.4 is 0 Å². The van der Waals surface area contributed by atoms with Gasteiger partial charge in [0.05, 0.1) is 23.7 Å². The van der Waals surface area contributed by atoms with Crippen LogP contribution in [0.4, 0.5) is 18.9 Å². The summed E-state index contributed by atoms with van der Waals surface area (Å²) in [4.78, 5) is 37.5. The SMILES string of the molecule is O=C([C@@H]1CCCN1C(=O)c1cc([N+](=O)[O-])c(F)c(F)c1F)N1CCOCC1. The summed E-state index contributed by atoms with van der Waals surface area (Å²) in [7, 11) is 0. The fraction of sp³-hybridized carbons (Fsp3) is 0.500. The van der Waals surface area contributed by atoms with Crippen LogP contribution in [0.2, 0.25) is 0 Å². The predicted octanol–water partition coefficient (Wildman–Crippen LogP) is 1.48. The average molecular weight is 387 g/mol.